The van der Waals surface area contributed by atoms with E-state index in [0.29, 0.717) is 15.8 Å². The average Bonchev–Trinajstić information content (AvgIpc) is 3.08. The van der Waals surface area contributed by atoms with Crippen LogP contribution in [0.25, 0.3) is 6.08 Å². The summed E-state index contributed by atoms with van der Waals surface area (Å²) in [7, 11) is 1.60. The summed E-state index contributed by atoms with van der Waals surface area (Å²) < 4.78 is 5.21. The second kappa shape index (κ2) is 9.75. The molecule has 0 spiro atoms. The van der Waals surface area contributed by atoms with Crippen molar-refractivity contribution < 1.29 is 19.4 Å². The number of carbonyl (C=O) groups is 2. The monoisotopic (exact) mass is 458 g/mol. The standard InChI is InChI=1S/C26H22N2O4S/c1-17-4-3-5-19(14-17)15-23-24(29)28(16-18-6-8-20(9-7-18)25(30)31)26(33-23)27-21-10-12-22(32-2)13-11-21/h3-15H,16H2,1-2H3,(H,30,31)/b23-15-,27-26?. The minimum Gasteiger partial charge on any atom is -0.497 e. The van der Waals surface area contributed by atoms with Gasteiger partial charge in [-0.05, 0) is 72.3 Å². The Labute approximate surface area is 196 Å². The summed E-state index contributed by atoms with van der Waals surface area (Å²) in [6.45, 7) is 2.29. The van der Waals surface area contributed by atoms with Gasteiger partial charge in [0.25, 0.3) is 5.91 Å². The van der Waals surface area contributed by atoms with Gasteiger partial charge < -0.3 is 9.84 Å². The smallest absolute Gasteiger partial charge is 0.335 e. The number of aryl methyl sites for hydroxylation is 1. The Balaban J connectivity index is 1.68. The number of carboxylic acid groups (broad SMARTS) is 1. The van der Waals surface area contributed by atoms with Gasteiger partial charge in [-0.3, -0.25) is 9.69 Å². The van der Waals surface area contributed by atoms with Gasteiger partial charge >= 0.3 is 5.97 Å². The van der Waals surface area contributed by atoms with Crippen LogP contribution in [-0.4, -0.2) is 34.2 Å². The molecule has 0 unspecified atom stereocenters. The van der Waals surface area contributed by atoms with E-state index in [9.17, 15) is 9.59 Å². The Morgan fingerprint density at radius 3 is 2.45 bits per heavy atom. The molecule has 1 saturated heterocycles. The number of benzene rings is 3. The van der Waals surface area contributed by atoms with E-state index in [1.807, 2.05) is 61.5 Å². The number of nitrogens with zero attached hydrogens (tertiary/aromatic N) is 2. The highest BCUT2D eigenvalue weighted by atomic mass is 32.2. The Morgan fingerprint density at radius 2 is 1.82 bits per heavy atom. The number of carboxylic acids is 1. The van der Waals surface area contributed by atoms with Crippen LogP contribution in [0.1, 0.15) is 27.0 Å². The Bertz CT molecular complexity index is 1250. The first kappa shape index (κ1) is 22.4. The quantitative estimate of drug-likeness (QED) is 0.493. The van der Waals surface area contributed by atoms with Crippen molar-refractivity contribution in [3.63, 3.8) is 0 Å². The molecule has 4 rings (SSSR count). The van der Waals surface area contributed by atoms with Crippen molar-refractivity contribution in [1.29, 1.82) is 0 Å². The minimum absolute atomic E-state index is 0.143. The van der Waals surface area contributed by atoms with Crippen molar-refractivity contribution in [2.45, 2.75) is 13.5 Å². The van der Waals surface area contributed by atoms with Crippen molar-refractivity contribution in [3.05, 3.63) is 100.0 Å². The number of ether oxygens (including phenoxy) is 1. The van der Waals surface area contributed by atoms with Crippen molar-refractivity contribution in [3.8, 4) is 5.75 Å². The van der Waals surface area contributed by atoms with Gasteiger partial charge in [0, 0.05) is 0 Å². The summed E-state index contributed by atoms with van der Waals surface area (Å²) in [4.78, 5) is 31.4. The summed E-state index contributed by atoms with van der Waals surface area (Å²) in [5.41, 5.74) is 3.78. The maximum atomic E-state index is 13.3. The van der Waals surface area contributed by atoms with E-state index in [-0.39, 0.29) is 18.0 Å². The highest BCUT2D eigenvalue weighted by molar-refractivity contribution is 8.18. The van der Waals surface area contributed by atoms with Gasteiger partial charge in [0.15, 0.2) is 5.17 Å². The molecule has 3 aromatic rings. The molecule has 1 aliphatic rings. The molecule has 7 heteroatoms. The number of thioether (sulfide) groups is 1. The van der Waals surface area contributed by atoms with Crippen LogP contribution in [0.4, 0.5) is 5.69 Å². The highest BCUT2D eigenvalue weighted by Gasteiger charge is 2.33. The maximum absolute atomic E-state index is 13.3. The summed E-state index contributed by atoms with van der Waals surface area (Å²) in [6.07, 6.45) is 1.87. The maximum Gasteiger partial charge on any atom is 0.335 e. The van der Waals surface area contributed by atoms with E-state index in [1.165, 1.54) is 23.9 Å². The highest BCUT2D eigenvalue weighted by Crippen LogP contribution is 2.35. The topological polar surface area (TPSA) is 79.2 Å². The molecule has 0 saturated carbocycles. The summed E-state index contributed by atoms with van der Waals surface area (Å²) in [5, 5.41) is 9.70. The van der Waals surface area contributed by atoms with E-state index in [0.717, 1.165) is 22.4 Å². The van der Waals surface area contributed by atoms with Gasteiger partial charge in [-0.1, -0.05) is 42.0 Å². The first-order valence-electron chi connectivity index (χ1n) is 10.3. The number of hydrogen-bond acceptors (Lipinski definition) is 5. The lowest BCUT2D eigenvalue weighted by Crippen LogP contribution is -2.28. The van der Waals surface area contributed by atoms with Crippen LogP contribution < -0.4 is 4.74 Å². The SMILES string of the molecule is COc1ccc(N=C2S/C(=C\c3cccc(C)c3)C(=O)N2Cc2ccc(C(=O)O)cc2)cc1. The fourth-order valence-electron chi connectivity index (χ4n) is 3.34. The van der Waals surface area contributed by atoms with Crippen LogP contribution >= 0.6 is 11.8 Å². The van der Waals surface area contributed by atoms with Gasteiger partial charge in [-0.25, -0.2) is 9.79 Å². The van der Waals surface area contributed by atoms with E-state index < -0.39 is 5.97 Å². The molecule has 1 fully saturated rings. The third kappa shape index (κ3) is 5.32. The molecule has 0 atom stereocenters. The fraction of sp³-hybridized carbons (Fsp3) is 0.115. The molecule has 3 aromatic carbocycles. The van der Waals surface area contributed by atoms with Crippen LogP contribution in [0.5, 0.6) is 5.75 Å². The number of amidine groups is 1. The van der Waals surface area contributed by atoms with Crippen molar-refractivity contribution in [2.24, 2.45) is 4.99 Å². The first-order valence-corrected chi connectivity index (χ1v) is 11.1. The molecule has 1 N–H and O–H groups in total. The van der Waals surface area contributed by atoms with Crippen LogP contribution in [0.2, 0.25) is 0 Å². The third-order valence-corrected chi connectivity index (χ3v) is 6.07. The van der Waals surface area contributed by atoms with Gasteiger partial charge in [0.2, 0.25) is 0 Å². The molecule has 6 nitrogen and oxygen atoms in total. The Morgan fingerprint density at radius 1 is 1.09 bits per heavy atom. The fourth-order valence-corrected chi connectivity index (χ4v) is 4.34. The second-order valence-electron chi connectivity index (χ2n) is 7.51. The number of rotatable bonds is 6. The largest absolute Gasteiger partial charge is 0.497 e. The Hall–Kier alpha value is -3.84. The number of aromatic carboxylic acids is 1. The van der Waals surface area contributed by atoms with Crippen molar-refractivity contribution in [1.82, 2.24) is 4.90 Å². The molecule has 0 aliphatic carbocycles. The van der Waals surface area contributed by atoms with Crippen LogP contribution in [0.15, 0.2) is 82.7 Å². The lowest BCUT2D eigenvalue weighted by Gasteiger charge is -2.16. The second-order valence-corrected chi connectivity index (χ2v) is 8.52. The van der Waals surface area contributed by atoms with E-state index >= 15 is 0 Å². The van der Waals surface area contributed by atoms with Gasteiger partial charge in [-0.2, -0.15) is 0 Å². The van der Waals surface area contributed by atoms with Crippen LogP contribution in [0, 0.1) is 6.92 Å². The number of aliphatic imine (C=N–C) groups is 1. The molecule has 0 aromatic heterocycles. The molecular formula is C26H22N2O4S. The van der Waals surface area contributed by atoms with E-state index in [4.69, 9.17) is 14.8 Å². The average molecular weight is 459 g/mol. The zero-order valence-corrected chi connectivity index (χ0v) is 19.0. The van der Waals surface area contributed by atoms with Gasteiger partial charge in [-0.15, -0.1) is 0 Å². The first-order chi connectivity index (χ1) is 15.9. The predicted molar refractivity (Wildman–Crippen MR) is 131 cm³/mol. The van der Waals surface area contributed by atoms with Crippen molar-refractivity contribution in [2.75, 3.05) is 7.11 Å². The zero-order chi connectivity index (χ0) is 23.4. The van der Waals surface area contributed by atoms with Gasteiger partial charge in [0.05, 0.1) is 29.8 Å². The number of hydrogen-bond donors (Lipinski definition) is 1. The molecule has 0 radical (unpaired) electrons. The normalized spacial score (nSPS) is 15.9. The van der Waals surface area contributed by atoms with Crippen molar-refractivity contribution >= 4 is 40.6 Å². The molecule has 1 heterocycles. The lowest BCUT2D eigenvalue weighted by molar-refractivity contribution is -0.122. The number of methoxy groups -OCH3 is 1. The minimum atomic E-state index is -0.987. The van der Waals surface area contributed by atoms with Gasteiger partial charge in [0.1, 0.15) is 5.75 Å². The van der Waals surface area contributed by atoms with Crippen LogP contribution in [0.3, 0.4) is 0 Å². The summed E-state index contributed by atoms with van der Waals surface area (Å²) in [6, 6.07) is 21.8. The van der Waals surface area contributed by atoms with E-state index in [1.54, 1.807) is 24.1 Å². The lowest BCUT2D eigenvalue weighted by atomic mass is 10.1. The molecule has 166 valence electrons. The number of amides is 1. The molecular weight excluding hydrogens is 436 g/mol. The molecule has 1 amide bonds. The van der Waals surface area contributed by atoms with E-state index in [2.05, 4.69) is 0 Å². The molecule has 1 aliphatic heterocycles. The zero-order valence-electron chi connectivity index (χ0n) is 18.2. The molecule has 0 bridgehead atoms. The molecule has 33 heavy (non-hydrogen) atoms. The summed E-state index contributed by atoms with van der Waals surface area (Å²) >= 11 is 1.32. The third-order valence-electron chi connectivity index (χ3n) is 5.07. The number of carbonyl (C=O) groups excluding carboxylic acids is 1. The summed E-state index contributed by atoms with van der Waals surface area (Å²) in [5.74, 6) is -0.403. The van der Waals surface area contributed by atoms with Crippen LogP contribution in [-0.2, 0) is 11.3 Å². The predicted octanol–water partition coefficient (Wildman–Crippen LogP) is 5.51. The Kier molecular flexibility index (Phi) is 6.60.